The molecule has 0 radical (unpaired) electrons. The van der Waals surface area contributed by atoms with Crippen molar-refractivity contribution in [2.24, 2.45) is 0 Å². The van der Waals surface area contributed by atoms with E-state index in [9.17, 15) is 9.59 Å². The van der Waals surface area contributed by atoms with Crippen LogP contribution in [0.15, 0.2) is 18.2 Å². The van der Waals surface area contributed by atoms with Gasteiger partial charge in [-0.05, 0) is 18.2 Å². The SMILES string of the molecule is COCC(=O)N1CCN(C(=O)c2cc(N)cc(N)c2)CC1. The van der Waals surface area contributed by atoms with Crippen molar-refractivity contribution in [3.8, 4) is 0 Å². The molecule has 1 saturated heterocycles. The number of benzene rings is 1. The fraction of sp³-hybridized carbons (Fsp3) is 0.429. The summed E-state index contributed by atoms with van der Waals surface area (Å²) >= 11 is 0. The van der Waals surface area contributed by atoms with E-state index < -0.39 is 0 Å². The molecule has 0 saturated carbocycles. The lowest BCUT2D eigenvalue weighted by molar-refractivity contribution is -0.136. The molecule has 1 aliphatic rings. The van der Waals surface area contributed by atoms with Crippen molar-refractivity contribution in [2.75, 3.05) is 51.4 Å². The summed E-state index contributed by atoms with van der Waals surface area (Å²) in [5.41, 5.74) is 12.8. The quantitative estimate of drug-likeness (QED) is 0.750. The molecule has 1 aliphatic heterocycles. The highest BCUT2D eigenvalue weighted by Crippen LogP contribution is 2.16. The molecule has 21 heavy (non-hydrogen) atoms. The Morgan fingerprint density at radius 2 is 1.57 bits per heavy atom. The number of anilines is 2. The summed E-state index contributed by atoms with van der Waals surface area (Å²) in [6, 6.07) is 4.83. The molecule has 7 heteroatoms. The summed E-state index contributed by atoms with van der Waals surface area (Å²) in [7, 11) is 1.49. The van der Waals surface area contributed by atoms with Crippen LogP contribution >= 0.6 is 0 Å². The number of amides is 2. The van der Waals surface area contributed by atoms with Crippen LogP contribution in [0.2, 0.25) is 0 Å². The summed E-state index contributed by atoms with van der Waals surface area (Å²) in [4.78, 5) is 27.5. The van der Waals surface area contributed by atoms with Crippen LogP contribution in [0.3, 0.4) is 0 Å². The number of nitrogens with zero attached hydrogens (tertiary/aromatic N) is 2. The topological polar surface area (TPSA) is 102 Å². The molecule has 0 spiro atoms. The first kappa shape index (κ1) is 15.1. The molecule has 1 fully saturated rings. The first-order chi connectivity index (χ1) is 10.0. The minimum Gasteiger partial charge on any atom is -0.399 e. The van der Waals surface area contributed by atoms with E-state index in [2.05, 4.69) is 0 Å². The zero-order valence-corrected chi connectivity index (χ0v) is 12.0. The number of hydrogen-bond donors (Lipinski definition) is 2. The summed E-state index contributed by atoms with van der Waals surface area (Å²) < 4.78 is 4.83. The number of nitrogens with two attached hydrogens (primary N) is 2. The minimum absolute atomic E-state index is 0.0576. The molecule has 114 valence electrons. The first-order valence-corrected chi connectivity index (χ1v) is 6.73. The van der Waals surface area contributed by atoms with Gasteiger partial charge in [-0.2, -0.15) is 0 Å². The molecule has 1 heterocycles. The van der Waals surface area contributed by atoms with Gasteiger partial charge in [0.2, 0.25) is 5.91 Å². The number of methoxy groups -OCH3 is 1. The maximum absolute atomic E-state index is 12.4. The number of carbonyl (C=O) groups is 2. The smallest absolute Gasteiger partial charge is 0.254 e. The highest BCUT2D eigenvalue weighted by molar-refractivity contribution is 5.96. The Morgan fingerprint density at radius 3 is 2.10 bits per heavy atom. The van der Waals surface area contributed by atoms with E-state index in [4.69, 9.17) is 16.2 Å². The van der Waals surface area contributed by atoms with Gasteiger partial charge in [0.15, 0.2) is 0 Å². The highest BCUT2D eigenvalue weighted by atomic mass is 16.5. The Bertz CT molecular complexity index is 519. The molecule has 4 N–H and O–H groups in total. The Labute approximate surface area is 123 Å². The second-order valence-electron chi connectivity index (χ2n) is 4.99. The van der Waals surface area contributed by atoms with Gasteiger partial charge < -0.3 is 26.0 Å². The summed E-state index contributed by atoms with van der Waals surface area (Å²) in [6.45, 7) is 2.06. The Kier molecular flexibility index (Phi) is 4.64. The van der Waals surface area contributed by atoms with Crippen LogP contribution in [-0.4, -0.2) is 61.5 Å². The van der Waals surface area contributed by atoms with Crippen molar-refractivity contribution in [3.63, 3.8) is 0 Å². The predicted molar refractivity (Wildman–Crippen MR) is 79.6 cm³/mol. The number of ether oxygens (including phenoxy) is 1. The maximum atomic E-state index is 12.4. The Morgan fingerprint density at radius 1 is 1.05 bits per heavy atom. The first-order valence-electron chi connectivity index (χ1n) is 6.73. The lowest BCUT2D eigenvalue weighted by Crippen LogP contribution is -2.51. The van der Waals surface area contributed by atoms with Crippen molar-refractivity contribution < 1.29 is 14.3 Å². The van der Waals surface area contributed by atoms with Crippen molar-refractivity contribution in [3.05, 3.63) is 23.8 Å². The molecule has 2 rings (SSSR count). The van der Waals surface area contributed by atoms with E-state index in [1.54, 1.807) is 28.0 Å². The number of carbonyl (C=O) groups excluding carboxylic acids is 2. The molecule has 1 aromatic carbocycles. The Balaban J connectivity index is 1.98. The largest absolute Gasteiger partial charge is 0.399 e. The van der Waals surface area contributed by atoms with E-state index >= 15 is 0 Å². The third-order valence-electron chi connectivity index (χ3n) is 3.41. The molecule has 7 nitrogen and oxygen atoms in total. The fourth-order valence-electron chi connectivity index (χ4n) is 2.36. The van der Waals surface area contributed by atoms with E-state index in [1.165, 1.54) is 7.11 Å². The van der Waals surface area contributed by atoms with Crippen molar-refractivity contribution in [1.29, 1.82) is 0 Å². The van der Waals surface area contributed by atoms with Gasteiger partial charge in [0.05, 0.1) is 0 Å². The highest BCUT2D eigenvalue weighted by Gasteiger charge is 2.24. The van der Waals surface area contributed by atoms with Gasteiger partial charge >= 0.3 is 0 Å². The van der Waals surface area contributed by atoms with E-state index in [0.717, 1.165) is 0 Å². The second-order valence-corrected chi connectivity index (χ2v) is 4.99. The molecule has 0 aliphatic carbocycles. The normalized spacial score (nSPS) is 15.1. The van der Waals surface area contributed by atoms with Crippen molar-refractivity contribution in [2.45, 2.75) is 0 Å². The number of piperazine rings is 1. The molecule has 0 unspecified atom stereocenters. The van der Waals surface area contributed by atoms with Gasteiger partial charge in [-0.25, -0.2) is 0 Å². The molecule has 1 aromatic rings. The molecule has 0 atom stereocenters. The van der Waals surface area contributed by atoms with Crippen LogP contribution in [0.4, 0.5) is 11.4 Å². The van der Waals surface area contributed by atoms with E-state index in [0.29, 0.717) is 43.1 Å². The average molecular weight is 292 g/mol. The standard InChI is InChI=1S/C14H20N4O3/c1-21-9-13(19)17-2-4-18(5-3-17)14(20)10-6-11(15)8-12(16)7-10/h6-8H,2-5,9,15-16H2,1H3. The molecular weight excluding hydrogens is 272 g/mol. The number of hydrogen-bond acceptors (Lipinski definition) is 5. The molecule has 0 aromatic heterocycles. The van der Waals surface area contributed by atoms with Crippen molar-refractivity contribution in [1.82, 2.24) is 9.80 Å². The van der Waals surface area contributed by atoms with Crippen LogP contribution in [0.1, 0.15) is 10.4 Å². The second kappa shape index (κ2) is 6.45. The van der Waals surface area contributed by atoms with Crippen LogP contribution in [0, 0.1) is 0 Å². The zero-order valence-electron chi connectivity index (χ0n) is 12.0. The monoisotopic (exact) mass is 292 g/mol. The number of nitrogen functional groups attached to an aromatic ring is 2. The van der Waals surface area contributed by atoms with Crippen molar-refractivity contribution >= 4 is 23.2 Å². The maximum Gasteiger partial charge on any atom is 0.254 e. The Hall–Kier alpha value is -2.28. The minimum atomic E-state index is -0.118. The van der Waals surface area contributed by atoms with Gasteiger partial charge in [-0.15, -0.1) is 0 Å². The average Bonchev–Trinajstić information content (AvgIpc) is 2.46. The van der Waals surface area contributed by atoms with Crippen LogP contribution < -0.4 is 11.5 Å². The molecule has 2 amide bonds. The van der Waals surface area contributed by atoms with E-state index in [1.807, 2.05) is 0 Å². The fourth-order valence-corrected chi connectivity index (χ4v) is 2.36. The van der Waals surface area contributed by atoms with Crippen LogP contribution in [0.25, 0.3) is 0 Å². The van der Waals surface area contributed by atoms with Gasteiger partial charge in [-0.1, -0.05) is 0 Å². The van der Waals surface area contributed by atoms with Gasteiger partial charge in [0, 0.05) is 50.2 Å². The van der Waals surface area contributed by atoms with E-state index in [-0.39, 0.29) is 18.4 Å². The number of rotatable bonds is 3. The predicted octanol–water partition coefficient (Wildman–Crippen LogP) is -0.218. The summed E-state index contributed by atoms with van der Waals surface area (Å²) in [5, 5.41) is 0. The van der Waals surface area contributed by atoms with Gasteiger partial charge in [0.1, 0.15) is 6.61 Å². The van der Waals surface area contributed by atoms with Crippen LogP contribution in [-0.2, 0) is 9.53 Å². The van der Waals surface area contributed by atoms with Crippen LogP contribution in [0.5, 0.6) is 0 Å². The zero-order chi connectivity index (χ0) is 15.4. The lowest BCUT2D eigenvalue weighted by atomic mass is 10.1. The van der Waals surface area contributed by atoms with Gasteiger partial charge in [0.25, 0.3) is 5.91 Å². The molecule has 0 bridgehead atoms. The van der Waals surface area contributed by atoms with Gasteiger partial charge in [-0.3, -0.25) is 9.59 Å². The lowest BCUT2D eigenvalue weighted by Gasteiger charge is -2.34. The summed E-state index contributed by atoms with van der Waals surface area (Å²) in [6.07, 6.45) is 0. The third-order valence-corrected chi connectivity index (χ3v) is 3.41. The third kappa shape index (κ3) is 3.63. The molecular formula is C14H20N4O3. The summed E-state index contributed by atoms with van der Waals surface area (Å²) in [5.74, 6) is -0.175.